The number of carbonyl (C=O) groups is 1. The second kappa shape index (κ2) is 9.14. The monoisotopic (exact) mass is 422 g/mol. The van der Waals surface area contributed by atoms with E-state index >= 15 is 0 Å². The van der Waals surface area contributed by atoms with Crippen LogP contribution in [0.4, 0.5) is 0 Å². The number of amides is 1. The molecule has 0 atom stereocenters. The average Bonchev–Trinajstić information content (AvgIpc) is 2.69. The molecule has 0 radical (unpaired) electrons. The van der Waals surface area contributed by atoms with Gasteiger partial charge >= 0.3 is 0 Å². The predicted molar refractivity (Wildman–Crippen MR) is 111 cm³/mol. The van der Waals surface area contributed by atoms with Crippen molar-refractivity contribution < 1.29 is 9.53 Å². The van der Waals surface area contributed by atoms with Gasteiger partial charge in [-0.05, 0) is 47.9 Å². The van der Waals surface area contributed by atoms with Gasteiger partial charge in [0.25, 0.3) is 5.91 Å². The Morgan fingerprint density at radius 2 is 1.89 bits per heavy atom. The lowest BCUT2D eigenvalue weighted by Crippen LogP contribution is -2.17. The van der Waals surface area contributed by atoms with Crippen molar-refractivity contribution in [3.63, 3.8) is 0 Å². The van der Waals surface area contributed by atoms with Crippen LogP contribution in [0.3, 0.4) is 0 Å². The summed E-state index contributed by atoms with van der Waals surface area (Å²) >= 11 is 3.43. The van der Waals surface area contributed by atoms with Crippen molar-refractivity contribution >= 4 is 28.1 Å². The first-order chi connectivity index (χ1) is 13.1. The van der Waals surface area contributed by atoms with Crippen LogP contribution in [0.2, 0.25) is 0 Å². The Bertz CT molecular complexity index is 956. The number of hydrogen-bond acceptors (Lipinski definition) is 3. The van der Waals surface area contributed by atoms with E-state index in [0.717, 1.165) is 26.9 Å². The Kier molecular flexibility index (Phi) is 6.39. The highest BCUT2D eigenvalue weighted by atomic mass is 79.9. The Hall–Kier alpha value is -2.92. The highest BCUT2D eigenvalue weighted by molar-refractivity contribution is 9.10. The summed E-state index contributed by atoms with van der Waals surface area (Å²) in [6.45, 7) is 2.47. The summed E-state index contributed by atoms with van der Waals surface area (Å²) in [5.41, 5.74) is 6.10. The lowest BCUT2D eigenvalue weighted by Gasteiger charge is -2.07. The van der Waals surface area contributed by atoms with Crippen LogP contribution >= 0.6 is 15.9 Å². The van der Waals surface area contributed by atoms with Gasteiger partial charge in [0.2, 0.25) is 0 Å². The molecule has 0 fully saturated rings. The van der Waals surface area contributed by atoms with Crippen molar-refractivity contribution in [1.82, 2.24) is 5.43 Å². The number of aryl methyl sites for hydroxylation is 1. The van der Waals surface area contributed by atoms with Crippen LogP contribution < -0.4 is 10.2 Å². The van der Waals surface area contributed by atoms with Crippen molar-refractivity contribution in [3.05, 3.63) is 99.5 Å². The van der Waals surface area contributed by atoms with Gasteiger partial charge in [-0.2, -0.15) is 5.10 Å². The van der Waals surface area contributed by atoms with Gasteiger partial charge in [0.1, 0.15) is 12.4 Å². The zero-order valence-corrected chi connectivity index (χ0v) is 16.4. The highest BCUT2D eigenvalue weighted by Gasteiger charge is 2.05. The number of nitrogens with zero attached hydrogens (tertiary/aromatic N) is 1. The molecule has 0 aliphatic heterocycles. The maximum atomic E-state index is 12.2. The fourth-order valence-corrected chi connectivity index (χ4v) is 2.77. The van der Waals surface area contributed by atoms with Crippen molar-refractivity contribution in [2.75, 3.05) is 0 Å². The van der Waals surface area contributed by atoms with Crippen LogP contribution in [0.25, 0.3) is 0 Å². The van der Waals surface area contributed by atoms with Crippen molar-refractivity contribution in [2.45, 2.75) is 13.5 Å². The SMILES string of the molecule is Cc1ccc(C(=O)N/N=C/c2cccc(OCc3ccccc3)c2)cc1Br. The summed E-state index contributed by atoms with van der Waals surface area (Å²) in [6, 6.07) is 23.0. The van der Waals surface area contributed by atoms with Crippen LogP contribution in [0.1, 0.15) is 27.0 Å². The van der Waals surface area contributed by atoms with E-state index in [4.69, 9.17) is 4.74 Å². The molecule has 0 unspecified atom stereocenters. The van der Waals surface area contributed by atoms with Crippen LogP contribution in [-0.4, -0.2) is 12.1 Å². The summed E-state index contributed by atoms with van der Waals surface area (Å²) in [5.74, 6) is 0.486. The summed E-state index contributed by atoms with van der Waals surface area (Å²) in [6.07, 6.45) is 1.59. The average molecular weight is 423 g/mol. The van der Waals surface area contributed by atoms with E-state index in [9.17, 15) is 4.79 Å². The van der Waals surface area contributed by atoms with Gasteiger partial charge in [0, 0.05) is 10.0 Å². The molecular formula is C22H19BrN2O2. The van der Waals surface area contributed by atoms with Gasteiger partial charge in [-0.3, -0.25) is 4.79 Å². The van der Waals surface area contributed by atoms with Gasteiger partial charge in [-0.15, -0.1) is 0 Å². The largest absolute Gasteiger partial charge is 0.489 e. The molecule has 3 aromatic carbocycles. The molecule has 0 saturated carbocycles. The second-order valence-electron chi connectivity index (χ2n) is 6.01. The fourth-order valence-electron chi connectivity index (χ4n) is 2.39. The highest BCUT2D eigenvalue weighted by Crippen LogP contribution is 2.17. The minimum Gasteiger partial charge on any atom is -0.489 e. The molecule has 0 aliphatic rings. The van der Waals surface area contributed by atoms with Gasteiger partial charge in [-0.25, -0.2) is 5.43 Å². The normalized spacial score (nSPS) is 10.7. The molecule has 5 heteroatoms. The third-order valence-electron chi connectivity index (χ3n) is 3.92. The summed E-state index contributed by atoms with van der Waals surface area (Å²) in [4.78, 5) is 12.2. The number of rotatable bonds is 6. The number of benzene rings is 3. The van der Waals surface area contributed by atoms with Crippen molar-refractivity contribution in [2.24, 2.45) is 5.10 Å². The first kappa shape index (κ1) is 18.9. The molecule has 0 heterocycles. The lowest BCUT2D eigenvalue weighted by atomic mass is 10.1. The van der Waals surface area contributed by atoms with E-state index in [2.05, 4.69) is 26.5 Å². The summed E-state index contributed by atoms with van der Waals surface area (Å²) in [5, 5.41) is 4.03. The number of nitrogens with one attached hydrogen (secondary N) is 1. The predicted octanol–water partition coefficient (Wildman–Crippen LogP) is 5.10. The molecule has 3 rings (SSSR count). The third kappa shape index (κ3) is 5.53. The van der Waals surface area contributed by atoms with E-state index in [0.29, 0.717) is 12.2 Å². The standard InChI is InChI=1S/C22H19BrN2O2/c1-16-10-11-19(13-21(16)23)22(26)25-24-14-18-8-5-9-20(12-18)27-15-17-6-3-2-4-7-17/h2-14H,15H2,1H3,(H,25,26)/b24-14+. The van der Waals surface area contributed by atoms with Crippen molar-refractivity contribution in [1.29, 1.82) is 0 Å². The molecule has 0 aromatic heterocycles. The maximum absolute atomic E-state index is 12.2. The molecule has 3 aromatic rings. The Morgan fingerprint density at radius 3 is 2.67 bits per heavy atom. The molecule has 0 spiro atoms. The summed E-state index contributed by atoms with van der Waals surface area (Å²) in [7, 11) is 0. The van der Waals surface area contributed by atoms with E-state index < -0.39 is 0 Å². The molecule has 136 valence electrons. The maximum Gasteiger partial charge on any atom is 0.271 e. The Balaban J connectivity index is 1.58. The van der Waals surface area contributed by atoms with Crippen LogP contribution in [0.5, 0.6) is 5.75 Å². The van der Waals surface area contributed by atoms with Crippen molar-refractivity contribution in [3.8, 4) is 5.75 Å². The number of hydrazone groups is 1. The van der Waals surface area contributed by atoms with Crippen LogP contribution in [0.15, 0.2) is 82.4 Å². The van der Waals surface area contributed by atoms with Gasteiger partial charge < -0.3 is 4.74 Å². The van der Waals surface area contributed by atoms with E-state index in [1.165, 1.54) is 0 Å². The topological polar surface area (TPSA) is 50.7 Å². The zero-order valence-electron chi connectivity index (χ0n) is 14.9. The number of carbonyl (C=O) groups excluding carboxylic acids is 1. The van der Waals surface area contributed by atoms with E-state index in [-0.39, 0.29) is 5.91 Å². The molecule has 27 heavy (non-hydrogen) atoms. The fraction of sp³-hybridized carbons (Fsp3) is 0.0909. The molecule has 0 bridgehead atoms. The smallest absolute Gasteiger partial charge is 0.271 e. The Labute approximate surface area is 167 Å². The second-order valence-corrected chi connectivity index (χ2v) is 6.86. The number of hydrogen-bond donors (Lipinski definition) is 1. The van der Waals surface area contributed by atoms with Gasteiger partial charge in [0.05, 0.1) is 6.21 Å². The van der Waals surface area contributed by atoms with Gasteiger partial charge in [0.15, 0.2) is 0 Å². The minimum atomic E-state index is -0.261. The quantitative estimate of drug-likeness (QED) is 0.443. The number of halogens is 1. The molecule has 1 amide bonds. The first-order valence-electron chi connectivity index (χ1n) is 8.48. The molecule has 1 N–H and O–H groups in total. The third-order valence-corrected chi connectivity index (χ3v) is 4.77. The zero-order chi connectivity index (χ0) is 19.1. The molecule has 0 aliphatic carbocycles. The summed E-state index contributed by atoms with van der Waals surface area (Å²) < 4.78 is 6.69. The van der Waals surface area contributed by atoms with E-state index in [1.807, 2.05) is 67.6 Å². The minimum absolute atomic E-state index is 0.261. The molecule has 0 saturated heterocycles. The van der Waals surface area contributed by atoms with Crippen LogP contribution in [-0.2, 0) is 6.61 Å². The Morgan fingerprint density at radius 1 is 1.07 bits per heavy atom. The van der Waals surface area contributed by atoms with Crippen LogP contribution in [0, 0.1) is 6.92 Å². The lowest BCUT2D eigenvalue weighted by molar-refractivity contribution is 0.0955. The van der Waals surface area contributed by atoms with E-state index in [1.54, 1.807) is 18.3 Å². The first-order valence-corrected chi connectivity index (χ1v) is 9.27. The number of ether oxygens (including phenoxy) is 1. The molecule has 4 nitrogen and oxygen atoms in total. The van der Waals surface area contributed by atoms with Gasteiger partial charge in [-0.1, -0.05) is 64.5 Å². The molecular weight excluding hydrogens is 404 g/mol.